The number of nitrogens with one attached hydrogen (secondary N) is 1. The van der Waals surface area contributed by atoms with Crippen LogP contribution in [0, 0.1) is 0 Å². The van der Waals surface area contributed by atoms with Crippen LogP contribution in [0.15, 0.2) is 60.3 Å². The summed E-state index contributed by atoms with van der Waals surface area (Å²) in [4.78, 5) is 14.6. The molecule has 2 heterocycles. The van der Waals surface area contributed by atoms with Gasteiger partial charge in [-0.1, -0.05) is 48.5 Å². The first-order chi connectivity index (χ1) is 13.2. The Kier molecular flexibility index (Phi) is 4.80. The molecule has 0 saturated carbocycles. The van der Waals surface area contributed by atoms with E-state index in [-0.39, 0.29) is 11.8 Å². The first kappa shape index (κ1) is 17.5. The van der Waals surface area contributed by atoms with Crippen molar-refractivity contribution in [1.29, 1.82) is 0 Å². The molecule has 138 valence electrons. The number of aromatic nitrogens is 2. The van der Waals surface area contributed by atoms with E-state index in [0.29, 0.717) is 0 Å². The summed E-state index contributed by atoms with van der Waals surface area (Å²) in [6.07, 6.45) is 5.90. The predicted molar refractivity (Wildman–Crippen MR) is 110 cm³/mol. The lowest BCUT2D eigenvalue weighted by atomic mass is 9.89. The SMILES string of the molecule is C/C=C(\C)C(=O)N1CCCC(c2[nH]ncc2-c2cccc3ccccc23)C1. The molecule has 4 heteroatoms. The van der Waals surface area contributed by atoms with Crippen molar-refractivity contribution in [2.24, 2.45) is 0 Å². The molecule has 1 aromatic heterocycles. The minimum atomic E-state index is 0.147. The molecule has 0 bridgehead atoms. The number of hydrogen-bond acceptors (Lipinski definition) is 2. The number of carbonyl (C=O) groups is 1. The van der Waals surface area contributed by atoms with Crippen molar-refractivity contribution in [3.05, 3.63) is 66.0 Å². The zero-order valence-electron chi connectivity index (χ0n) is 15.9. The number of rotatable bonds is 3. The van der Waals surface area contributed by atoms with Gasteiger partial charge in [0.05, 0.1) is 6.20 Å². The number of benzene rings is 2. The predicted octanol–water partition coefficient (Wildman–Crippen LogP) is 4.90. The molecular formula is C23H25N3O. The van der Waals surface area contributed by atoms with E-state index in [1.165, 1.54) is 16.3 Å². The fourth-order valence-electron chi connectivity index (χ4n) is 4.05. The summed E-state index contributed by atoms with van der Waals surface area (Å²) < 4.78 is 0. The van der Waals surface area contributed by atoms with Crippen LogP contribution in [0.5, 0.6) is 0 Å². The maximum Gasteiger partial charge on any atom is 0.249 e. The molecule has 0 spiro atoms. The van der Waals surface area contributed by atoms with Crippen molar-refractivity contribution in [2.75, 3.05) is 13.1 Å². The monoisotopic (exact) mass is 359 g/mol. The van der Waals surface area contributed by atoms with Gasteiger partial charge in [0, 0.05) is 35.8 Å². The molecule has 1 N–H and O–H groups in total. The lowest BCUT2D eigenvalue weighted by Gasteiger charge is -2.33. The Hall–Kier alpha value is -2.88. The first-order valence-electron chi connectivity index (χ1n) is 9.62. The van der Waals surface area contributed by atoms with Crippen molar-refractivity contribution in [3.8, 4) is 11.1 Å². The van der Waals surface area contributed by atoms with Gasteiger partial charge in [-0.15, -0.1) is 0 Å². The molecule has 27 heavy (non-hydrogen) atoms. The highest BCUT2D eigenvalue weighted by molar-refractivity contribution is 5.97. The number of aromatic amines is 1. The molecule has 1 unspecified atom stereocenters. The van der Waals surface area contributed by atoms with Crippen LogP contribution in [0.3, 0.4) is 0 Å². The van der Waals surface area contributed by atoms with E-state index in [9.17, 15) is 4.79 Å². The van der Waals surface area contributed by atoms with Crippen LogP contribution in [0.4, 0.5) is 0 Å². The summed E-state index contributed by atoms with van der Waals surface area (Å²) in [5.74, 6) is 0.428. The number of carbonyl (C=O) groups excluding carboxylic acids is 1. The summed E-state index contributed by atoms with van der Waals surface area (Å²) in [5.41, 5.74) is 4.30. The normalized spacial score (nSPS) is 18.1. The van der Waals surface area contributed by atoms with Gasteiger partial charge in [0.2, 0.25) is 5.91 Å². The quantitative estimate of drug-likeness (QED) is 0.676. The van der Waals surface area contributed by atoms with Crippen LogP contribution >= 0.6 is 0 Å². The Morgan fingerprint density at radius 1 is 1.19 bits per heavy atom. The molecule has 1 saturated heterocycles. The van der Waals surface area contributed by atoms with Crippen LogP contribution in [0.1, 0.15) is 38.3 Å². The minimum absolute atomic E-state index is 0.147. The molecule has 1 aliphatic heterocycles. The lowest BCUT2D eigenvalue weighted by molar-refractivity contribution is -0.128. The number of allylic oxidation sites excluding steroid dienone is 1. The Morgan fingerprint density at radius 2 is 2.00 bits per heavy atom. The zero-order chi connectivity index (χ0) is 18.8. The fourth-order valence-corrected chi connectivity index (χ4v) is 4.05. The molecule has 2 aromatic carbocycles. The number of likely N-dealkylation sites (tertiary alicyclic amines) is 1. The summed E-state index contributed by atoms with van der Waals surface area (Å²) in [6, 6.07) is 14.8. The van der Waals surface area contributed by atoms with Gasteiger partial charge in [-0.05, 0) is 43.0 Å². The Balaban J connectivity index is 1.69. The third-order valence-electron chi connectivity index (χ3n) is 5.64. The Labute approximate surface area is 159 Å². The van der Waals surface area contributed by atoms with E-state index >= 15 is 0 Å². The van der Waals surface area contributed by atoms with Gasteiger partial charge in [0.25, 0.3) is 0 Å². The second-order valence-electron chi connectivity index (χ2n) is 7.29. The molecule has 1 aliphatic rings. The molecule has 4 rings (SSSR count). The van der Waals surface area contributed by atoms with Crippen LogP contribution in [-0.2, 0) is 4.79 Å². The van der Waals surface area contributed by atoms with Gasteiger partial charge in [0.15, 0.2) is 0 Å². The fraction of sp³-hybridized carbons (Fsp3) is 0.304. The molecule has 4 nitrogen and oxygen atoms in total. The van der Waals surface area contributed by atoms with Crippen LogP contribution in [0.25, 0.3) is 21.9 Å². The highest BCUT2D eigenvalue weighted by Crippen LogP contribution is 2.36. The third kappa shape index (κ3) is 3.27. The molecule has 3 aromatic rings. The summed E-state index contributed by atoms with van der Waals surface area (Å²) in [7, 11) is 0. The van der Waals surface area contributed by atoms with Crippen molar-refractivity contribution in [2.45, 2.75) is 32.6 Å². The van der Waals surface area contributed by atoms with Gasteiger partial charge in [-0.25, -0.2) is 0 Å². The van der Waals surface area contributed by atoms with E-state index in [2.05, 4.69) is 52.7 Å². The third-order valence-corrected chi connectivity index (χ3v) is 5.64. The number of piperidine rings is 1. The standard InChI is InChI=1S/C23H25N3O/c1-3-16(2)23(27)26-13-7-10-18(15-26)22-21(14-24-25-22)20-12-6-9-17-8-4-5-11-19(17)20/h3-6,8-9,11-12,14,18H,7,10,13,15H2,1-2H3,(H,24,25)/b16-3+. The smallest absolute Gasteiger partial charge is 0.249 e. The largest absolute Gasteiger partial charge is 0.338 e. The van der Waals surface area contributed by atoms with Crippen LogP contribution < -0.4 is 0 Å². The van der Waals surface area contributed by atoms with Crippen molar-refractivity contribution >= 4 is 16.7 Å². The first-order valence-corrected chi connectivity index (χ1v) is 9.62. The second-order valence-corrected chi connectivity index (χ2v) is 7.29. The van der Waals surface area contributed by atoms with Crippen molar-refractivity contribution < 1.29 is 4.79 Å². The maximum atomic E-state index is 12.6. The zero-order valence-corrected chi connectivity index (χ0v) is 15.9. The number of fused-ring (bicyclic) bond motifs is 1. The highest BCUT2D eigenvalue weighted by atomic mass is 16.2. The maximum absolute atomic E-state index is 12.6. The van der Waals surface area contributed by atoms with E-state index in [0.717, 1.165) is 42.8 Å². The van der Waals surface area contributed by atoms with Gasteiger partial charge in [-0.2, -0.15) is 5.10 Å². The topological polar surface area (TPSA) is 49.0 Å². The van der Waals surface area contributed by atoms with E-state index in [1.54, 1.807) is 0 Å². The highest BCUT2D eigenvalue weighted by Gasteiger charge is 2.28. The number of amides is 1. The summed E-state index contributed by atoms with van der Waals surface area (Å²) in [5, 5.41) is 10.1. The number of H-pyrrole nitrogens is 1. The second kappa shape index (κ2) is 7.39. The molecule has 0 aliphatic carbocycles. The molecule has 0 radical (unpaired) electrons. The van der Waals surface area contributed by atoms with Crippen molar-refractivity contribution in [1.82, 2.24) is 15.1 Å². The lowest BCUT2D eigenvalue weighted by Crippen LogP contribution is -2.39. The van der Waals surface area contributed by atoms with Gasteiger partial charge >= 0.3 is 0 Å². The van der Waals surface area contributed by atoms with E-state index in [1.807, 2.05) is 31.0 Å². The van der Waals surface area contributed by atoms with Crippen molar-refractivity contribution in [3.63, 3.8) is 0 Å². The Morgan fingerprint density at radius 3 is 2.85 bits per heavy atom. The van der Waals surface area contributed by atoms with Gasteiger partial charge in [-0.3, -0.25) is 9.89 Å². The van der Waals surface area contributed by atoms with Crippen LogP contribution in [0.2, 0.25) is 0 Å². The van der Waals surface area contributed by atoms with Gasteiger partial charge < -0.3 is 4.90 Å². The van der Waals surface area contributed by atoms with Crippen LogP contribution in [-0.4, -0.2) is 34.1 Å². The molecule has 1 atom stereocenters. The average Bonchev–Trinajstić information content (AvgIpc) is 3.22. The number of nitrogens with zero attached hydrogens (tertiary/aromatic N) is 2. The molecule has 1 amide bonds. The molecular weight excluding hydrogens is 334 g/mol. The Bertz CT molecular complexity index is 996. The number of hydrogen-bond donors (Lipinski definition) is 1. The van der Waals surface area contributed by atoms with Gasteiger partial charge in [0.1, 0.15) is 0 Å². The molecule has 1 fully saturated rings. The van der Waals surface area contributed by atoms with E-state index in [4.69, 9.17) is 0 Å². The minimum Gasteiger partial charge on any atom is -0.338 e. The average molecular weight is 359 g/mol. The summed E-state index contributed by atoms with van der Waals surface area (Å²) in [6.45, 7) is 5.38. The van der Waals surface area contributed by atoms with E-state index < -0.39 is 0 Å². The summed E-state index contributed by atoms with van der Waals surface area (Å²) >= 11 is 0.